The van der Waals surface area contributed by atoms with E-state index in [0.29, 0.717) is 0 Å². The zero-order valence-electron chi connectivity index (χ0n) is 14.4. The Hall–Kier alpha value is -2.88. The first-order chi connectivity index (χ1) is 11.5. The standard InChI is InChI=1S/C20H21N3O/c1-14-5-7-16(8-6-14)20-17(9-10-19(24)22(3)4)23-12-11-15(2)13-18(23)21-20/h5-13H,1-4H3/b10-9+. The number of carbonyl (C=O) groups excluding carboxylic acids is 1. The second-order valence-electron chi connectivity index (χ2n) is 6.21. The lowest BCUT2D eigenvalue weighted by Gasteiger charge is -2.06. The van der Waals surface area contributed by atoms with E-state index in [4.69, 9.17) is 4.98 Å². The van der Waals surface area contributed by atoms with Crippen molar-refractivity contribution in [3.05, 3.63) is 65.5 Å². The fraction of sp³-hybridized carbons (Fsp3) is 0.200. The van der Waals surface area contributed by atoms with Crippen LogP contribution in [0.25, 0.3) is 23.0 Å². The number of carbonyl (C=O) groups is 1. The van der Waals surface area contributed by atoms with E-state index >= 15 is 0 Å². The van der Waals surface area contributed by atoms with E-state index in [-0.39, 0.29) is 5.91 Å². The zero-order valence-corrected chi connectivity index (χ0v) is 14.4. The molecule has 122 valence electrons. The maximum atomic E-state index is 11.9. The van der Waals surface area contributed by atoms with Crippen molar-refractivity contribution >= 4 is 17.6 Å². The molecule has 2 aromatic heterocycles. The Bertz CT molecular complexity index is 918. The molecule has 3 rings (SSSR count). The summed E-state index contributed by atoms with van der Waals surface area (Å²) in [6, 6.07) is 12.4. The van der Waals surface area contributed by atoms with Crippen molar-refractivity contribution in [3.63, 3.8) is 0 Å². The van der Waals surface area contributed by atoms with E-state index in [1.54, 1.807) is 25.1 Å². The first kappa shape index (κ1) is 16.0. The summed E-state index contributed by atoms with van der Waals surface area (Å²) in [7, 11) is 3.48. The Morgan fingerprint density at radius 1 is 1.08 bits per heavy atom. The van der Waals surface area contributed by atoms with Gasteiger partial charge < -0.3 is 4.90 Å². The van der Waals surface area contributed by atoms with Gasteiger partial charge in [-0.05, 0) is 37.6 Å². The minimum Gasteiger partial charge on any atom is -0.345 e. The van der Waals surface area contributed by atoms with Gasteiger partial charge in [-0.25, -0.2) is 4.98 Å². The number of hydrogen-bond acceptors (Lipinski definition) is 2. The van der Waals surface area contributed by atoms with E-state index in [2.05, 4.69) is 31.2 Å². The molecule has 0 unspecified atom stereocenters. The molecule has 4 heteroatoms. The first-order valence-electron chi connectivity index (χ1n) is 7.91. The summed E-state index contributed by atoms with van der Waals surface area (Å²) >= 11 is 0. The van der Waals surface area contributed by atoms with Crippen LogP contribution in [0.3, 0.4) is 0 Å². The van der Waals surface area contributed by atoms with Gasteiger partial charge in [0, 0.05) is 31.9 Å². The molecule has 3 aromatic rings. The normalized spacial score (nSPS) is 11.3. The smallest absolute Gasteiger partial charge is 0.246 e. The molecule has 1 amide bonds. The van der Waals surface area contributed by atoms with Crippen molar-refractivity contribution in [1.82, 2.24) is 14.3 Å². The highest BCUT2D eigenvalue weighted by Crippen LogP contribution is 2.26. The fourth-order valence-corrected chi connectivity index (χ4v) is 2.55. The van der Waals surface area contributed by atoms with E-state index in [1.165, 1.54) is 5.56 Å². The predicted molar refractivity (Wildman–Crippen MR) is 97.8 cm³/mol. The quantitative estimate of drug-likeness (QED) is 0.690. The number of aromatic nitrogens is 2. The minimum absolute atomic E-state index is 0.0492. The predicted octanol–water partition coefficient (Wildman–Crippen LogP) is 3.72. The Morgan fingerprint density at radius 3 is 2.46 bits per heavy atom. The molecule has 0 fully saturated rings. The monoisotopic (exact) mass is 319 g/mol. The molecule has 0 aliphatic carbocycles. The number of pyridine rings is 1. The summed E-state index contributed by atoms with van der Waals surface area (Å²) in [5.74, 6) is -0.0492. The highest BCUT2D eigenvalue weighted by atomic mass is 16.2. The molecular weight excluding hydrogens is 298 g/mol. The fourth-order valence-electron chi connectivity index (χ4n) is 2.55. The van der Waals surface area contributed by atoms with Crippen LogP contribution in [0.15, 0.2) is 48.7 Å². The van der Waals surface area contributed by atoms with Gasteiger partial charge in [0.05, 0.1) is 11.4 Å². The van der Waals surface area contributed by atoms with Crippen LogP contribution in [0.1, 0.15) is 16.8 Å². The molecule has 0 saturated heterocycles. The molecule has 1 aromatic carbocycles. The van der Waals surface area contributed by atoms with Crippen molar-refractivity contribution in [3.8, 4) is 11.3 Å². The van der Waals surface area contributed by atoms with Crippen molar-refractivity contribution in [1.29, 1.82) is 0 Å². The van der Waals surface area contributed by atoms with Gasteiger partial charge in [-0.15, -0.1) is 0 Å². The van der Waals surface area contributed by atoms with Gasteiger partial charge >= 0.3 is 0 Å². The van der Waals surface area contributed by atoms with Gasteiger partial charge in [0.15, 0.2) is 0 Å². The number of benzene rings is 1. The third-order valence-corrected chi connectivity index (χ3v) is 3.97. The van der Waals surface area contributed by atoms with E-state index in [1.807, 2.05) is 35.7 Å². The Balaban J connectivity index is 2.18. The minimum atomic E-state index is -0.0492. The number of imidazole rings is 1. The van der Waals surface area contributed by atoms with Gasteiger partial charge in [0.2, 0.25) is 5.91 Å². The number of aryl methyl sites for hydroxylation is 2. The average Bonchev–Trinajstić information content (AvgIpc) is 2.90. The Morgan fingerprint density at radius 2 is 1.79 bits per heavy atom. The highest BCUT2D eigenvalue weighted by Gasteiger charge is 2.12. The third kappa shape index (κ3) is 3.08. The Kier molecular flexibility index (Phi) is 4.21. The zero-order chi connectivity index (χ0) is 17.3. The molecule has 0 spiro atoms. The van der Waals surface area contributed by atoms with Crippen LogP contribution in [-0.4, -0.2) is 34.3 Å². The van der Waals surface area contributed by atoms with Crippen molar-refractivity contribution in [2.75, 3.05) is 14.1 Å². The summed E-state index contributed by atoms with van der Waals surface area (Å²) in [6.07, 6.45) is 5.42. The summed E-state index contributed by atoms with van der Waals surface area (Å²) in [4.78, 5) is 18.3. The SMILES string of the molecule is Cc1ccc(-c2nc3cc(C)ccn3c2/C=C/C(=O)N(C)C)cc1. The largest absolute Gasteiger partial charge is 0.345 e. The van der Waals surface area contributed by atoms with Crippen molar-refractivity contribution in [2.24, 2.45) is 0 Å². The lowest BCUT2D eigenvalue weighted by atomic mass is 10.1. The van der Waals surface area contributed by atoms with Gasteiger partial charge in [-0.2, -0.15) is 0 Å². The van der Waals surface area contributed by atoms with E-state index in [0.717, 1.165) is 28.2 Å². The van der Waals surface area contributed by atoms with Gasteiger partial charge in [0.1, 0.15) is 5.65 Å². The molecule has 0 aliphatic rings. The Labute approximate surface area is 142 Å². The van der Waals surface area contributed by atoms with Crippen LogP contribution in [0, 0.1) is 13.8 Å². The van der Waals surface area contributed by atoms with Gasteiger partial charge in [0.25, 0.3) is 0 Å². The number of likely N-dealkylation sites (N-methyl/N-ethyl adjacent to an activating group) is 1. The second kappa shape index (κ2) is 6.32. The number of rotatable bonds is 3. The second-order valence-corrected chi connectivity index (χ2v) is 6.21. The van der Waals surface area contributed by atoms with Gasteiger partial charge in [-0.3, -0.25) is 9.20 Å². The number of fused-ring (bicyclic) bond motifs is 1. The third-order valence-electron chi connectivity index (χ3n) is 3.97. The summed E-state index contributed by atoms with van der Waals surface area (Å²) < 4.78 is 2.02. The molecule has 0 N–H and O–H groups in total. The molecule has 0 saturated carbocycles. The van der Waals surface area contributed by atoms with Crippen molar-refractivity contribution in [2.45, 2.75) is 13.8 Å². The van der Waals surface area contributed by atoms with Crippen LogP contribution in [0.2, 0.25) is 0 Å². The van der Waals surface area contributed by atoms with Crippen LogP contribution in [0.4, 0.5) is 0 Å². The molecular formula is C20H21N3O. The lowest BCUT2D eigenvalue weighted by Crippen LogP contribution is -2.18. The van der Waals surface area contributed by atoms with Crippen molar-refractivity contribution < 1.29 is 4.79 Å². The summed E-state index contributed by atoms with van der Waals surface area (Å²) in [6.45, 7) is 4.11. The molecule has 0 aliphatic heterocycles. The van der Waals surface area contributed by atoms with E-state index in [9.17, 15) is 4.79 Å². The molecule has 0 atom stereocenters. The van der Waals surface area contributed by atoms with E-state index < -0.39 is 0 Å². The van der Waals surface area contributed by atoms with Crippen LogP contribution in [-0.2, 0) is 4.79 Å². The molecule has 4 nitrogen and oxygen atoms in total. The van der Waals surface area contributed by atoms with Crippen LogP contribution >= 0.6 is 0 Å². The first-order valence-corrected chi connectivity index (χ1v) is 7.91. The summed E-state index contributed by atoms with van der Waals surface area (Å²) in [5, 5.41) is 0. The number of nitrogens with zero attached hydrogens (tertiary/aromatic N) is 3. The summed E-state index contributed by atoms with van der Waals surface area (Å²) in [5.41, 5.74) is 6.06. The number of amides is 1. The lowest BCUT2D eigenvalue weighted by molar-refractivity contribution is -0.123. The molecule has 0 radical (unpaired) electrons. The molecule has 24 heavy (non-hydrogen) atoms. The molecule has 2 heterocycles. The topological polar surface area (TPSA) is 37.6 Å². The van der Waals surface area contributed by atoms with Crippen LogP contribution in [0.5, 0.6) is 0 Å². The average molecular weight is 319 g/mol. The van der Waals surface area contributed by atoms with Crippen LogP contribution < -0.4 is 0 Å². The maximum absolute atomic E-state index is 11.9. The maximum Gasteiger partial charge on any atom is 0.246 e. The number of hydrogen-bond donors (Lipinski definition) is 0. The van der Waals surface area contributed by atoms with Gasteiger partial charge in [-0.1, -0.05) is 29.8 Å². The highest BCUT2D eigenvalue weighted by molar-refractivity contribution is 5.92. The molecule has 0 bridgehead atoms.